The zero-order valence-corrected chi connectivity index (χ0v) is 27.7. The summed E-state index contributed by atoms with van der Waals surface area (Å²) >= 11 is 1.66. The number of thioether (sulfide) groups is 1. The van der Waals surface area contributed by atoms with Gasteiger partial charge in [-0.3, -0.25) is 0 Å². The van der Waals surface area contributed by atoms with Crippen molar-refractivity contribution in [2.24, 2.45) is 0 Å². The minimum Gasteiger partial charge on any atom is -0.467 e. The summed E-state index contributed by atoms with van der Waals surface area (Å²) in [6.45, 7) is 0.392. The first-order chi connectivity index (χ1) is 23.4. The summed E-state index contributed by atoms with van der Waals surface area (Å²) in [6.07, 6.45) is 0.245. The second kappa shape index (κ2) is 17.8. The van der Waals surface area contributed by atoms with Gasteiger partial charge >= 0.3 is 12.0 Å². The maximum Gasteiger partial charge on any atom is 0.328 e. The first kappa shape index (κ1) is 35.1. The number of nitrogens with one attached hydrogen (secondary N) is 2. The average Bonchev–Trinajstić information content (AvgIpc) is 3.14. The summed E-state index contributed by atoms with van der Waals surface area (Å²) in [6, 6.07) is 32.0. The molecular formula is C38H42N2O7S. The zero-order chi connectivity index (χ0) is 33.7. The van der Waals surface area contributed by atoms with Crippen molar-refractivity contribution in [3.8, 4) is 11.1 Å². The normalized spacial score (nSPS) is 18.1. The fraction of sp³-hybridized carbons (Fsp3) is 0.316. The van der Waals surface area contributed by atoms with Gasteiger partial charge in [0.2, 0.25) is 0 Å². The second-order valence-electron chi connectivity index (χ2n) is 11.6. The van der Waals surface area contributed by atoms with Gasteiger partial charge < -0.3 is 35.1 Å². The molecule has 1 heterocycles. The molecule has 1 aliphatic heterocycles. The van der Waals surface area contributed by atoms with Crippen LogP contribution in [0.4, 0.5) is 4.79 Å². The zero-order valence-electron chi connectivity index (χ0n) is 26.9. The number of hydrogen-bond acceptors (Lipinski definition) is 8. The molecule has 0 bridgehead atoms. The van der Waals surface area contributed by atoms with E-state index < -0.39 is 24.3 Å². The van der Waals surface area contributed by atoms with Crippen molar-refractivity contribution in [2.75, 3.05) is 25.2 Å². The molecule has 4 N–H and O–H groups in total. The lowest BCUT2D eigenvalue weighted by Crippen LogP contribution is -2.47. The molecular weight excluding hydrogens is 628 g/mol. The molecule has 10 heteroatoms. The van der Waals surface area contributed by atoms with E-state index in [1.54, 1.807) is 11.8 Å². The van der Waals surface area contributed by atoms with Gasteiger partial charge in [-0.2, -0.15) is 11.8 Å². The molecule has 1 fully saturated rings. The fourth-order valence-electron chi connectivity index (χ4n) is 5.57. The predicted molar refractivity (Wildman–Crippen MR) is 186 cm³/mol. The lowest BCUT2D eigenvalue weighted by atomic mass is 9.99. The SMILES string of the molecule is COC(=O)[C@H](Cc1ccccc1)NC(=O)NCc1cccc(-c2ccc([C@@H]3O[C@H](CSCCO)C[C@H](c4ccc(CO)cc4)O3)cc2)c1. The Kier molecular flexibility index (Phi) is 13.0. The highest BCUT2D eigenvalue weighted by atomic mass is 32.2. The highest BCUT2D eigenvalue weighted by Gasteiger charge is 2.32. The van der Waals surface area contributed by atoms with Crippen molar-refractivity contribution in [2.45, 2.75) is 50.5 Å². The van der Waals surface area contributed by atoms with Crippen molar-refractivity contribution < 1.29 is 34.0 Å². The Morgan fingerprint density at radius 3 is 2.29 bits per heavy atom. The van der Waals surface area contributed by atoms with Crippen LogP contribution < -0.4 is 10.6 Å². The molecule has 2 amide bonds. The number of esters is 1. The number of ether oxygens (including phenoxy) is 3. The topological polar surface area (TPSA) is 126 Å². The van der Waals surface area contributed by atoms with Gasteiger partial charge in [-0.25, -0.2) is 9.59 Å². The van der Waals surface area contributed by atoms with E-state index in [0.29, 0.717) is 18.6 Å². The largest absolute Gasteiger partial charge is 0.467 e. The van der Waals surface area contributed by atoms with Crippen LogP contribution in [0.1, 0.15) is 46.6 Å². The molecule has 0 aromatic heterocycles. The van der Waals surface area contributed by atoms with Gasteiger partial charge in [0.15, 0.2) is 6.29 Å². The molecule has 1 aliphatic rings. The van der Waals surface area contributed by atoms with Crippen LogP contribution in [-0.2, 0) is 38.6 Å². The third-order valence-electron chi connectivity index (χ3n) is 8.12. The summed E-state index contributed by atoms with van der Waals surface area (Å²) < 4.78 is 17.7. The number of aliphatic hydroxyl groups is 2. The number of urea groups is 1. The van der Waals surface area contributed by atoms with Crippen LogP contribution in [0.3, 0.4) is 0 Å². The third-order valence-corrected chi connectivity index (χ3v) is 9.20. The number of methoxy groups -OCH3 is 1. The van der Waals surface area contributed by atoms with Crippen molar-refractivity contribution in [1.82, 2.24) is 10.6 Å². The maximum atomic E-state index is 12.7. The standard InChI is InChI=1S/C38H42N2O7S/c1-45-36(43)34(21-26-6-3-2-4-7-26)40-38(44)39-23-28-8-5-9-32(20-28)29-14-16-31(17-15-29)37-46-33(25-48-19-18-41)22-35(47-37)30-12-10-27(24-42)11-13-30/h2-17,20,33-35,37,41-42H,18-19,21-25H2,1H3,(H2,39,40,44)/t33-,34-,35+,37+/m0/s1. The van der Waals surface area contributed by atoms with Crippen LogP contribution in [0.25, 0.3) is 11.1 Å². The number of carbonyl (C=O) groups is 2. The highest BCUT2D eigenvalue weighted by molar-refractivity contribution is 7.99. The number of rotatable bonds is 14. The van der Waals surface area contributed by atoms with Gasteiger partial charge in [-0.1, -0.05) is 97.1 Å². The van der Waals surface area contributed by atoms with Gasteiger partial charge in [-0.05, 0) is 39.4 Å². The molecule has 1 saturated heterocycles. The van der Waals surface area contributed by atoms with E-state index in [4.69, 9.17) is 14.2 Å². The van der Waals surface area contributed by atoms with Gasteiger partial charge in [-0.15, -0.1) is 0 Å². The minimum absolute atomic E-state index is 0.00821. The molecule has 9 nitrogen and oxygen atoms in total. The minimum atomic E-state index is -0.809. The van der Waals surface area contributed by atoms with Crippen LogP contribution in [0.2, 0.25) is 0 Å². The molecule has 0 radical (unpaired) electrons. The van der Waals surface area contributed by atoms with Crippen LogP contribution >= 0.6 is 11.8 Å². The number of benzene rings is 4. The Labute approximate surface area is 285 Å². The molecule has 0 saturated carbocycles. The van der Waals surface area contributed by atoms with E-state index in [1.165, 1.54) is 7.11 Å². The van der Waals surface area contributed by atoms with Crippen LogP contribution in [0.5, 0.6) is 0 Å². The van der Waals surface area contributed by atoms with Crippen molar-refractivity contribution in [1.29, 1.82) is 0 Å². The molecule has 5 rings (SSSR count). The Morgan fingerprint density at radius 1 is 0.854 bits per heavy atom. The number of hydrogen-bond donors (Lipinski definition) is 4. The Balaban J connectivity index is 1.22. The number of amides is 2. The van der Waals surface area contributed by atoms with Gasteiger partial charge in [0.25, 0.3) is 0 Å². The van der Waals surface area contributed by atoms with E-state index in [1.807, 2.05) is 103 Å². The van der Waals surface area contributed by atoms with Crippen molar-refractivity contribution >= 4 is 23.8 Å². The average molecular weight is 671 g/mol. The second-order valence-corrected chi connectivity index (χ2v) is 12.7. The lowest BCUT2D eigenvalue weighted by molar-refractivity contribution is -0.245. The lowest BCUT2D eigenvalue weighted by Gasteiger charge is -2.36. The summed E-state index contributed by atoms with van der Waals surface area (Å²) in [5.41, 5.74) is 6.59. The van der Waals surface area contributed by atoms with Crippen LogP contribution in [0.15, 0.2) is 103 Å². The van der Waals surface area contributed by atoms with Gasteiger partial charge in [0.05, 0.1) is 32.5 Å². The van der Waals surface area contributed by atoms with E-state index in [0.717, 1.165) is 44.7 Å². The summed E-state index contributed by atoms with van der Waals surface area (Å²) in [5.74, 6) is 0.892. The summed E-state index contributed by atoms with van der Waals surface area (Å²) in [7, 11) is 1.31. The monoisotopic (exact) mass is 670 g/mol. The molecule has 0 spiro atoms. The molecule has 0 unspecified atom stereocenters. The Morgan fingerprint density at radius 2 is 1.58 bits per heavy atom. The van der Waals surface area contributed by atoms with Crippen LogP contribution in [-0.4, -0.2) is 59.6 Å². The number of aliphatic hydroxyl groups excluding tert-OH is 2. The van der Waals surface area contributed by atoms with Gasteiger partial charge in [0.1, 0.15) is 6.04 Å². The molecule has 4 atom stereocenters. The first-order valence-corrected chi connectivity index (χ1v) is 17.2. The van der Waals surface area contributed by atoms with E-state index in [-0.39, 0.29) is 32.0 Å². The maximum absolute atomic E-state index is 12.7. The van der Waals surface area contributed by atoms with E-state index in [2.05, 4.69) is 10.6 Å². The van der Waals surface area contributed by atoms with Crippen LogP contribution in [0, 0.1) is 0 Å². The molecule has 252 valence electrons. The van der Waals surface area contributed by atoms with E-state index in [9.17, 15) is 19.8 Å². The Hall–Kier alpha value is -4.19. The van der Waals surface area contributed by atoms with Gasteiger partial charge in [0, 0.05) is 36.5 Å². The predicted octanol–water partition coefficient (Wildman–Crippen LogP) is 5.70. The molecule has 4 aromatic rings. The highest BCUT2D eigenvalue weighted by Crippen LogP contribution is 2.39. The third kappa shape index (κ3) is 9.91. The Bertz CT molecular complexity index is 1600. The molecule has 4 aromatic carbocycles. The smallest absolute Gasteiger partial charge is 0.328 e. The van der Waals surface area contributed by atoms with Crippen molar-refractivity contribution in [3.63, 3.8) is 0 Å². The number of carbonyl (C=O) groups excluding carboxylic acids is 2. The molecule has 0 aliphatic carbocycles. The first-order valence-electron chi connectivity index (χ1n) is 16.0. The molecule has 48 heavy (non-hydrogen) atoms. The fourth-order valence-corrected chi connectivity index (χ4v) is 6.35. The summed E-state index contributed by atoms with van der Waals surface area (Å²) in [4.78, 5) is 25.1. The quantitative estimate of drug-likeness (QED) is 0.0995. The summed E-state index contributed by atoms with van der Waals surface area (Å²) in [5, 5.41) is 24.3. The van der Waals surface area contributed by atoms with E-state index >= 15 is 0 Å². The van der Waals surface area contributed by atoms with Crippen molar-refractivity contribution in [3.05, 3.63) is 131 Å².